The molecule has 0 bridgehead atoms. The number of aliphatic hydroxyl groups is 1. The largest absolute Gasteiger partial charge is 0.392 e. The Morgan fingerprint density at radius 2 is 1.61 bits per heavy atom. The summed E-state index contributed by atoms with van der Waals surface area (Å²) in [6, 6.07) is 0. The maximum absolute atomic E-state index is 14.3. The average molecular weight is 620 g/mol. The van der Waals surface area contributed by atoms with Crippen LogP contribution >= 0.6 is 0 Å². The van der Waals surface area contributed by atoms with E-state index in [2.05, 4.69) is 40.3 Å². The van der Waals surface area contributed by atoms with Crippen LogP contribution in [-0.4, -0.2) is 29.6 Å². The number of hydrogen-bond acceptors (Lipinski definition) is 2. The molecule has 0 spiro atoms. The van der Waals surface area contributed by atoms with Gasteiger partial charge in [0.25, 0.3) is 0 Å². The lowest BCUT2D eigenvalue weighted by molar-refractivity contribution is -0.202. The molecule has 0 heterocycles. The van der Waals surface area contributed by atoms with E-state index >= 15 is 0 Å². The number of allylic oxidation sites excluding steroid dienone is 2. The van der Waals surface area contributed by atoms with Crippen LogP contribution in [0.3, 0.4) is 0 Å². The van der Waals surface area contributed by atoms with Gasteiger partial charge >= 0.3 is 6.18 Å². The lowest BCUT2D eigenvalue weighted by Gasteiger charge is -2.43. The highest BCUT2D eigenvalue weighted by atomic mass is 19.4. The first-order valence-corrected chi connectivity index (χ1v) is 18.6. The molecule has 4 saturated carbocycles. The van der Waals surface area contributed by atoms with Crippen LogP contribution in [0.5, 0.6) is 0 Å². The molecule has 0 saturated heterocycles. The molecule has 2 nitrogen and oxygen atoms in total. The van der Waals surface area contributed by atoms with Gasteiger partial charge in [0.1, 0.15) is 0 Å². The Kier molecular flexibility index (Phi) is 13.5. The molecule has 1 N–H and O–H groups in total. The number of alkyl halides is 3. The Bertz CT molecular complexity index is 942. The van der Waals surface area contributed by atoms with Crippen molar-refractivity contribution >= 4 is 5.71 Å². The fourth-order valence-electron chi connectivity index (χ4n) is 9.96. The van der Waals surface area contributed by atoms with Gasteiger partial charge < -0.3 is 5.11 Å². The van der Waals surface area contributed by atoms with E-state index in [1.54, 1.807) is 0 Å². The topological polar surface area (TPSA) is 32.6 Å². The fourth-order valence-corrected chi connectivity index (χ4v) is 9.96. The Morgan fingerprint density at radius 3 is 2.34 bits per heavy atom. The SMILES string of the molecule is C=CC1C(C)CCCC1C(=NCC)C1CC(C(O)C=CCC2CCC(CC3CCCC(C)CC3)C(C(F)(F)F)C2)CCC1C. The van der Waals surface area contributed by atoms with Gasteiger partial charge in [0.2, 0.25) is 0 Å². The first-order valence-electron chi connectivity index (χ1n) is 18.6. The summed E-state index contributed by atoms with van der Waals surface area (Å²) in [4.78, 5) is 5.13. The average Bonchev–Trinajstić information content (AvgIpc) is 3.19. The zero-order valence-corrected chi connectivity index (χ0v) is 28.4. The van der Waals surface area contributed by atoms with Gasteiger partial charge in [-0.3, -0.25) is 4.99 Å². The number of nitrogens with zero attached hydrogens (tertiary/aromatic N) is 1. The third kappa shape index (κ3) is 9.47. The maximum atomic E-state index is 14.3. The Balaban J connectivity index is 1.34. The van der Waals surface area contributed by atoms with Crippen molar-refractivity contribution in [3.8, 4) is 0 Å². The number of rotatable bonds is 10. The van der Waals surface area contributed by atoms with Gasteiger partial charge in [0, 0.05) is 24.1 Å². The number of aliphatic hydroxyl groups excluding tert-OH is 1. The van der Waals surface area contributed by atoms with Crippen molar-refractivity contribution in [3.63, 3.8) is 0 Å². The summed E-state index contributed by atoms with van der Waals surface area (Å²) in [7, 11) is 0. The van der Waals surface area contributed by atoms with Gasteiger partial charge in [0.15, 0.2) is 0 Å². The molecule has 4 rings (SSSR count). The van der Waals surface area contributed by atoms with E-state index < -0.39 is 18.2 Å². The minimum absolute atomic E-state index is 0.0574. The van der Waals surface area contributed by atoms with E-state index in [0.717, 1.165) is 57.4 Å². The van der Waals surface area contributed by atoms with Gasteiger partial charge in [-0.2, -0.15) is 13.2 Å². The normalized spacial score (nSPS) is 40.5. The zero-order chi connectivity index (χ0) is 31.9. The van der Waals surface area contributed by atoms with Gasteiger partial charge in [0.05, 0.1) is 12.0 Å². The lowest BCUT2D eigenvalue weighted by Crippen LogP contribution is -2.41. The van der Waals surface area contributed by atoms with Crippen molar-refractivity contribution in [2.75, 3.05) is 6.54 Å². The number of halogens is 3. The fraction of sp³-hybridized carbons (Fsp3) is 0.872. The van der Waals surface area contributed by atoms with Crippen molar-refractivity contribution in [1.82, 2.24) is 0 Å². The first kappa shape index (κ1) is 35.7. The van der Waals surface area contributed by atoms with Gasteiger partial charge in [-0.05, 0) is 112 Å². The summed E-state index contributed by atoms with van der Waals surface area (Å²) in [6.07, 6.45) is 17.2. The van der Waals surface area contributed by atoms with Crippen LogP contribution in [0, 0.1) is 65.1 Å². The van der Waals surface area contributed by atoms with E-state index in [4.69, 9.17) is 4.99 Å². The summed E-state index contributed by atoms with van der Waals surface area (Å²) in [6.45, 7) is 14.1. The molecule has 0 amide bonds. The van der Waals surface area contributed by atoms with Gasteiger partial charge in [-0.1, -0.05) is 83.9 Å². The smallest absolute Gasteiger partial charge is 0.389 e. The Morgan fingerprint density at radius 1 is 0.864 bits per heavy atom. The molecule has 0 aromatic heterocycles. The van der Waals surface area contributed by atoms with E-state index in [-0.39, 0.29) is 24.2 Å². The molecule has 12 atom stereocenters. The third-order valence-electron chi connectivity index (χ3n) is 12.7. The molecule has 0 radical (unpaired) electrons. The highest BCUT2D eigenvalue weighted by molar-refractivity contribution is 5.90. The quantitative estimate of drug-likeness (QED) is 0.147. The molecular weight excluding hydrogens is 555 g/mol. The summed E-state index contributed by atoms with van der Waals surface area (Å²) < 4.78 is 42.8. The van der Waals surface area contributed by atoms with Crippen molar-refractivity contribution in [2.45, 2.75) is 143 Å². The van der Waals surface area contributed by atoms with E-state index in [9.17, 15) is 18.3 Å². The van der Waals surface area contributed by atoms with Crippen LogP contribution in [-0.2, 0) is 0 Å². The molecule has 0 aromatic rings. The molecule has 44 heavy (non-hydrogen) atoms. The van der Waals surface area contributed by atoms with E-state index in [1.165, 1.54) is 44.2 Å². The maximum Gasteiger partial charge on any atom is 0.392 e. The third-order valence-corrected chi connectivity index (χ3v) is 12.7. The first-order chi connectivity index (χ1) is 21.0. The number of aliphatic imine (C=N–C) groups is 1. The van der Waals surface area contributed by atoms with Crippen LogP contribution in [0.2, 0.25) is 0 Å². The predicted molar refractivity (Wildman–Crippen MR) is 179 cm³/mol. The van der Waals surface area contributed by atoms with E-state index in [1.807, 2.05) is 12.2 Å². The Labute approximate surface area is 267 Å². The predicted octanol–water partition coefficient (Wildman–Crippen LogP) is 11.2. The standard InChI is InChI=1S/C39H64F3NO/c1-6-33-27(4)12-9-15-34(33)38(43-7-2)35-25-32(21-18-28(35)5)37(44)16-10-14-30-20-22-31(36(24-30)39(40,41)42)23-29-13-8-11-26(3)17-19-29/h6,10,16,26-37,44H,1,7-9,11-15,17-25H2,2-5H3. The summed E-state index contributed by atoms with van der Waals surface area (Å²) in [5, 5.41) is 11.3. The van der Waals surface area contributed by atoms with Crippen LogP contribution in [0.15, 0.2) is 29.8 Å². The van der Waals surface area contributed by atoms with Crippen molar-refractivity contribution in [1.29, 1.82) is 0 Å². The Hall–Kier alpha value is -1.10. The molecule has 5 heteroatoms. The highest BCUT2D eigenvalue weighted by Crippen LogP contribution is 2.48. The summed E-state index contributed by atoms with van der Waals surface area (Å²) >= 11 is 0. The molecule has 4 aliphatic rings. The summed E-state index contributed by atoms with van der Waals surface area (Å²) in [5.74, 6) is 2.53. The minimum Gasteiger partial charge on any atom is -0.389 e. The molecule has 0 aromatic carbocycles. The lowest BCUT2D eigenvalue weighted by atomic mass is 9.63. The molecular formula is C39H64F3NO. The second kappa shape index (κ2) is 16.6. The van der Waals surface area contributed by atoms with Gasteiger partial charge in [-0.25, -0.2) is 0 Å². The van der Waals surface area contributed by atoms with Gasteiger partial charge in [-0.15, -0.1) is 6.58 Å². The van der Waals surface area contributed by atoms with Crippen LogP contribution in [0.1, 0.15) is 130 Å². The monoisotopic (exact) mass is 619 g/mol. The van der Waals surface area contributed by atoms with Crippen molar-refractivity contribution in [3.05, 3.63) is 24.8 Å². The van der Waals surface area contributed by atoms with E-state index in [0.29, 0.717) is 48.3 Å². The molecule has 4 fully saturated rings. The van der Waals surface area contributed by atoms with Crippen molar-refractivity contribution < 1.29 is 18.3 Å². The second-order valence-corrected chi connectivity index (χ2v) is 15.8. The zero-order valence-electron chi connectivity index (χ0n) is 28.4. The van der Waals surface area contributed by atoms with Crippen LogP contribution in [0.4, 0.5) is 13.2 Å². The van der Waals surface area contributed by atoms with Crippen molar-refractivity contribution in [2.24, 2.45) is 70.1 Å². The molecule has 252 valence electrons. The second-order valence-electron chi connectivity index (χ2n) is 15.8. The highest BCUT2D eigenvalue weighted by Gasteiger charge is 2.48. The summed E-state index contributed by atoms with van der Waals surface area (Å²) in [5.41, 5.74) is 1.37. The molecule has 0 aliphatic heterocycles. The molecule has 12 unspecified atom stereocenters. The van der Waals surface area contributed by atoms with Crippen LogP contribution in [0.25, 0.3) is 0 Å². The number of hydrogen-bond donors (Lipinski definition) is 1. The molecule has 4 aliphatic carbocycles. The minimum atomic E-state index is -4.11. The van der Waals surface area contributed by atoms with Crippen LogP contribution < -0.4 is 0 Å².